The molecule has 0 aliphatic rings. The van der Waals surface area contributed by atoms with Gasteiger partial charge in [0.25, 0.3) is 5.69 Å². The van der Waals surface area contributed by atoms with Crippen LogP contribution in [0.5, 0.6) is 0 Å². The van der Waals surface area contributed by atoms with Gasteiger partial charge in [0.2, 0.25) is 0 Å². The zero-order valence-corrected chi connectivity index (χ0v) is 14.6. The molecule has 0 atom stereocenters. The highest BCUT2D eigenvalue weighted by molar-refractivity contribution is 7.80. The standard InChI is InChI=1S/C16H19N5O2S/c1-4-17-16(24)19-18-10-13-9-11(2)20(12(13)3)14-5-7-15(8-6-14)21(22)23/h5-10H,4H2,1-3H3,(H2,17,19,24)/b18-10+. The van der Waals surface area contributed by atoms with Gasteiger partial charge in [-0.1, -0.05) is 0 Å². The Morgan fingerprint density at radius 1 is 1.38 bits per heavy atom. The highest BCUT2D eigenvalue weighted by atomic mass is 32.1. The fourth-order valence-corrected chi connectivity index (χ4v) is 2.60. The normalized spacial score (nSPS) is 10.8. The van der Waals surface area contributed by atoms with E-state index in [1.165, 1.54) is 12.1 Å². The van der Waals surface area contributed by atoms with Crippen molar-refractivity contribution in [2.75, 3.05) is 6.54 Å². The fraction of sp³-hybridized carbons (Fsp3) is 0.250. The number of nitrogens with one attached hydrogen (secondary N) is 2. The number of hydrogen-bond acceptors (Lipinski definition) is 4. The van der Waals surface area contributed by atoms with Crippen LogP contribution in [-0.2, 0) is 0 Å². The molecule has 0 saturated heterocycles. The minimum Gasteiger partial charge on any atom is -0.362 e. The molecule has 0 fully saturated rings. The van der Waals surface area contributed by atoms with E-state index >= 15 is 0 Å². The van der Waals surface area contributed by atoms with Crippen molar-refractivity contribution < 1.29 is 4.92 Å². The predicted octanol–water partition coefficient (Wildman–Crippen LogP) is 2.82. The van der Waals surface area contributed by atoms with Crippen LogP contribution in [0, 0.1) is 24.0 Å². The molecule has 0 radical (unpaired) electrons. The molecule has 1 aromatic heterocycles. The lowest BCUT2D eigenvalue weighted by atomic mass is 10.2. The summed E-state index contributed by atoms with van der Waals surface area (Å²) in [5.41, 5.74) is 6.63. The first kappa shape index (κ1) is 17.6. The number of non-ortho nitro benzene ring substituents is 1. The van der Waals surface area contributed by atoms with Crippen LogP contribution < -0.4 is 10.7 Å². The van der Waals surface area contributed by atoms with Crippen LogP contribution in [0.1, 0.15) is 23.9 Å². The molecule has 8 heteroatoms. The summed E-state index contributed by atoms with van der Waals surface area (Å²) in [5.74, 6) is 0. The molecular formula is C16H19N5O2S. The minimum absolute atomic E-state index is 0.0733. The molecule has 0 aliphatic heterocycles. The first-order chi connectivity index (χ1) is 11.4. The van der Waals surface area contributed by atoms with E-state index in [1.807, 2.05) is 31.4 Å². The SMILES string of the molecule is CCNC(=S)N/N=C/c1cc(C)n(-c2ccc([N+](=O)[O-])cc2)c1C. The fourth-order valence-electron chi connectivity index (χ4n) is 2.40. The maximum Gasteiger partial charge on any atom is 0.269 e. The van der Waals surface area contributed by atoms with Gasteiger partial charge in [-0.2, -0.15) is 5.10 Å². The Hall–Kier alpha value is -2.74. The van der Waals surface area contributed by atoms with Crippen molar-refractivity contribution >= 4 is 29.2 Å². The van der Waals surface area contributed by atoms with Crippen molar-refractivity contribution in [3.63, 3.8) is 0 Å². The first-order valence-corrected chi connectivity index (χ1v) is 7.85. The lowest BCUT2D eigenvalue weighted by Crippen LogP contribution is -2.31. The zero-order chi connectivity index (χ0) is 17.7. The van der Waals surface area contributed by atoms with Crippen molar-refractivity contribution in [3.05, 3.63) is 57.4 Å². The molecule has 1 heterocycles. The molecule has 24 heavy (non-hydrogen) atoms. The Balaban J connectivity index is 2.24. The number of benzene rings is 1. The second-order valence-electron chi connectivity index (χ2n) is 5.16. The van der Waals surface area contributed by atoms with Crippen LogP contribution in [0.15, 0.2) is 35.4 Å². The lowest BCUT2D eigenvalue weighted by molar-refractivity contribution is -0.384. The third-order valence-electron chi connectivity index (χ3n) is 3.50. The van der Waals surface area contributed by atoms with Crippen LogP contribution in [-0.4, -0.2) is 27.4 Å². The molecule has 2 rings (SSSR count). The van der Waals surface area contributed by atoms with Gasteiger partial charge in [-0.15, -0.1) is 0 Å². The van der Waals surface area contributed by atoms with E-state index in [1.54, 1.807) is 18.3 Å². The van der Waals surface area contributed by atoms with Crippen LogP contribution in [0.25, 0.3) is 5.69 Å². The lowest BCUT2D eigenvalue weighted by Gasteiger charge is -2.09. The molecule has 2 N–H and O–H groups in total. The number of nitro benzene ring substituents is 1. The number of thiocarbonyl (C=S) groups is 1. The van der Waals surface area contributed by atoms with Gasteiger partial charge in [0.15, 0.2) is 5.11 Å². The number of nitro groups is 1. The Morgan fingerprint density at radius 2 is 2.04 bits per heavy atom. The molecule has 7 nitrogen and oxygen atoms in total. The van der Waals surface area contributed by atoms with E-state index in [9.17, 15) is 10.1 Å². The van der Waals surface area contributed by atoms with Crippen LogP contribution in [0.3, 0.4) is 0 Å². The summed E-state index contributed by atoms with van der Waals surface area (Å²) in [4.78, 5) is 10.4. The molecule has 1 aromatic carbocycles. The average Bonchev–Trinajstić information content (AvgIpc) is 2.82. The number of nitrogens with zero attached hydrogens (tertiary/aromatic N) is 3. The largest absolute Gasteiger partial charge is 0.362 e. The first-order valence-electron chi connectivity index (χ1n) is 7.44. The summed E-state index contributed by atoms with van der Waals surface area (Å²) in [7, 11) is 0. The third-order valence-corrected chi connectivity index (χ3v) is 3.73. The molecule has 126 valence electrons. The summed E-state index contributed by atoms with van der Waals surface area (Å²) in [6, 6.07) is 8.46. The molecule has 0 amide bonds. The molecule has 0 spiro atoms. The number of rotatable bonds is 5. The summed E-state index contributed by atoms with van der Waals surface area (Å²) < 4.78 is 2.02. The second kappa shape index (κ2) is 7.69. The summed E-state index contributed by atoms with van der Waals surface area (Å²) >= 11 is 5.05. The van der Waals surface area contributed by atoms with E-state index in [-0.39, 0.29) is 5.69 Å². The second-order valence-corrected chi connectivity index (χ2v) is 5.57. The van der Waals surface area contributed by atoms with E-state index in [4.69, 9.17) is 12.2 Å². The van der Waals surface area contributed by atoms with E-state index in [2.05, 4.69) is 15.8 Å². The van der Waals surface area contributed by atoms with E-state index < -0.39 is 4.92 Å². The van der Waals surface area contributed by atoms with Crippen molar-refractivity contribution in [2.45, 2.75) is 20.8 Å². The molecule has 0 bridgehead atoms. The Kier molecular flexibility index (Phi) is 5.64. The molecular weight excluding hydrogens is 326 g/mol. The van der Waals surface area contributed by atoms with Crippen molar-refractivity contribution in [1.29, 1.82) is 0 Å². The van der Waals surface area contributed by atoms with Crippen LogP contribution in [0.4, 0.5) is 5.69 Å². The van der Waals surface area contributed by atoms with E-state index in [0.717, 1.165) is 29.2 Å². The van der Waals surface area contributed by atoms with Gasteiger partial charge in [0.05, 0.1) is 11.1 Å². The van der Waals surface area contributed by atoms with E-state index in [0.29, 0.717) is 5.11 Å². The van der Waals surface area contributed by atoms with Gasteiger partial charge in [-0.25, -0.2) is 0 Å². The van der Waals surface area contributed by atoms with Crippen molar-refractivity contribution in [1.82, 2.24) is 15.3 Å². The van der Waals surface area contributed by atoms with Gasteiger partial charge in [0.1, 0.15) is 0 Å². The van der Waals surface area contributed by atoms with Crippen LogP contribution in [0.2, 0.25) is 0 Å². The van der Waals surface area contributed by atoms with Crippen molar-refractivity contribution in [3.8, 4) is 5.69 Å². The quantitative estimate of drug-likeness (QED) is 0.377. The summed E-state index contributed by atoms with van der Waals surface area (Å²) in [6.45, 7) is 6.63. The molecule has 0 aliphatic carbocycles. The summed E-state index contributed by atoms with van der Waals surface area (Å²) in [6.07, 6.45) is 1.70. The molecule has 0 saturated carbocycles. The maximum atomic E-state index is 10.8. The number of hydrogen-bond donors (Lipinski definition) is 2. The van der Waals surface area contributed by atoms with Gasteiger partial charge in [-0.3, -0.25) is 15.5 Å². The molecule has 0 unspecified atom stereocenters. The van der Waals surface area contributed by atoms with Gasteiger partial charge < -0.3 is 9.88 Å². The number of hydrazone groups is 1. The Morgan fingerprint density at radius 3 is 2.62 bits per heavy atom. The van der Waals surface area contributed by atoms with Gasteiger partial charge >= 0.3 is 0 Å². The predicted molar refractivity (Wildman–Crippen MR) is 98.9 cm³/mol. The third kappa shape index (κ3) is 3.96. The Bertz CT molecular complexity index is 781. The molecule has 2 aromatic rings. The number of aryl methyl sites for hydroxylation is 1. The van der Waals surface area contributed by atoms with Gasteiger partial charge in [0, 0.05) is 41.3 Å². The van der Waals surface area contributed by atoms with Crippen molar-refractivity contribution in [2.24, 2.45) is 5.10 Å². The maximum absolute atomic E-state index is 10.8. The van der Waals surface area contributed by atoms with Crippen LogP contribution >= 0.6 is 12.2 Å². The average molecular weight is 345 g/mol. The highest BCUT2D eigenvalue weighted by Crippen LogP contribution is 2.21. The summed E-state index contributed by atoms with van der Waals surface area (Å²) in [5, 5.41) is 18.3. The monoisotopic (exact) mass is 345 g/mol. The highest BCUT2D eigenvalue weighted by Gasteiger charge is 2.11. The zero-order valence-electron chi connectivity index (χ0n) is 13.7. The Labute approximate surface area is 145 Å². The minimum atomic E-state index is -0.407. The topological polar surface area (TPSA) is 84.5 Å². The number of aromatic nitrogens is 1. The van der Waals surface area contributed by atoms with Gasteiger partial charge in [-0.05, 0) is 51.2 Å². The smallest absolute Gasteiger partial charge is 0.269 e.